The fraction of sp³-hybridized carbons (Fsp3) is 0.280. The molecule has 4 rings (SSSR count). The van der Waals surface area contributed by atoms with E-state index in [2.05, 4.69) is 14.9 Å². The van der Waals surface area contributed by atoms with E-state index in [1.54, 1.807) is 64.1 Å². The standard InChI is InChI=1S/C25H27N3O6S2/c1-16(2)35(29,30)14-11-19-15-20(25-26-12-13-33-25)9-10-21(19)22-7-5-6-8-23(22)36(31,32)28-24-17(3)18(4)27-34-24/h5-10,12-13,15-16,28H,11,14H2,1-4H3. The topological polar surface area (TPSA) is 132 Å². The summed E-state index contributed by atoms with van der Waals surface area (Å²) in [6, 6.07) is 11.9. The maximum atomic E-state index is 13.4. The molecule has 0 aliphatic carbocycles. The van der Waals surface area contributed by atoms with Gasteiger partial charge in [-0.05, 0) is 63.4 Å². The third kappa shape index (κ3) is 5.21. The highest BCUT2D eigenvalue weighted by Gasteiger charge is 2.25. The molecule has 0 unspecified atom stereocenters. The number of nitrogens with zero attached hydrogens (tertiary/aromatic N) is 2. The van der Waals surface area contributed by atoms with Crippen LogP contribution in [-0.4, -0.2) is 38.0 Å². The predicted octanol–water partition coefficient (Wildman–Crippen LogP) is 4.78. The molecule has 190 valence electrons. The molecule has 11 heteroatoms. The maximum Gasteiger partial charge on any atom is 0.264 e. The largest absolute Gasteiger partial charge is 0.445 e. The molecule has 4 aromatic rings. The van der Waals surface area contributed by atoms with E-state index in [4.69, 9.17) is 8.94 Å². The molecule has 0 bridgehead atoms. The van der Waals surface area contributed by atoms with Crippen molar-refractivity contribution < 1.29 is 25.8 Å². The summed E-state index contributed by atoms with van der Waals surface area (Å²) in [5.41, 5.74) is 3.50. The van der Waals surface area contributed by atoms with Gasteiger partial charge in [-0.15, -0.1) is 0 Å². The van der Waals surface area contributed by atoms with Gasteiger partial charge in [-0.1, -0.05) is 29.4 Å². The van der Waals surface area contributed by atoms with Crippen molar-refractivity contribution in [2.45, 2.75) is 44.3 Å². The van der Waals surface area contributed by atoms with Gasteiger partial charge >= 0.3 is 0 Å². The number of sulfone groups is 1. The van der Waals surface area contributed by atoms with Crippen LogP contribution >= 0.6 is 0 Å². The quantitative estimate of drug-likeness (QED) is 0.328. The second kappa shape index (κ2) is 9.90. The lowest BCUT2D eigenvalue weighted by atomic mass is 9.96. The molecule has 36 heavy (non-hydrogen) atoms. The fourth-order valence-corrected chi connectivity index (χ4v) is 5.91. The first kappa shape index (κ1) is 25.6. The van der Waals surface area contributed by atoms with Crippen LogP contribution in [0.15, 0.2) is 68.8 Å². The first-order valence-electron chi connectivity index (χ1n) is 11.3. The normalized spacial score (nSPS) is 12.2. The fourth-order valence-electron chi connectivity index (χ4n) is 3.66. The molecular weight excluding hydrogens is 502 g/mol. The molecule has 0 saturated heterocycles. The van der Waals surface area contributed by atoms with Gasteiger partial charge in [0, 0.05) is 16.7 Å². The van der Waals surface area contributed by atoms with Crippen LogP contribution < -0.4 is 4.72 Å². The molecular formula is C25H27N3O6S2. The lowest BCUT2D eigenvalue weighted by Gasteiger charge is -2.16. The number of oxazole rings is 1. The number of hydrogen-bond acceptors (Lipinski definition) is 8. The van der Waals surface area contributed by atoms with Crippen LogP contribution in [0.25, 0.3) is 22.6 Å². The van der Waals surface area contributed by atoms with Crippen molar-refractivity contribution in [1.82, 2.24) is 10.1 Å². The zero-order chi connectivity index (χ0) is 26.1. The number of anilines is 1. The van der Waals surface area contributed by atoms with E-state index in [1.165, 1.54) is 18.5 Å². The summed E-state index contributed by atoms with van der Waals surface area (Å²) in [7, 11) is -7.39. The summed E-state index contributed by atoms with van der Waals surface area (Å²) < 4.78 is 65.0. The molecule has 0 amide bonds. The first-order valence-corrected chi connectivity index (χ1v) is 14.5. The minimum Gasteiger partial charge on any atom is -0.445 e. The Morgan fingerprint density at radius 2 is 1.75 bits per heavy atom. The van der Waals surface area contributed by atoms with E-state index in [0.717, 1.165) is 0 Å². The van der Waals surface area contributed by atoms with E-state index in [1.807, 2.05) is 0 Å². The van der Waals surface area contributed by atoms with Crippen molar-refractivity contribution in [2.75, 3.05) is 10.5 Å². The SMILES string of the molecule is Cc1noc(NS(=O)(=O)c2ccccc2-c2ccc(-c3ncco3)cc2CCS(=O)(=O)C(C)C)c1C. The average Bonchev–Trinajstić information content (AvgIpc) is 3.49. The van der Waals surface area contributed by atoms with Gasteiger partial charge in [0.15, 0.2) is 9.84 Å². The first-order chi connectivity index (χ1) is 17.0. The van der Waals surface area contributed by atoms with Crippen LogP contribution in [0.3, 0.4) is 0 Å². The lowest BCUT2D eigenvalue weighted by Crippen LogP contribution is -2.19. The molecule has 2 heterocycles. The van der Waals surface area contributed by atoms with Gasteiger partial charge in [0.05, 0.1) is 27.8 Å². The number of aryl methyl sites for hydroxylation is 2. The Morgan fingerprint density at radius 1 is 1.00 bits per heavy atom. The molecule has 0 atom stereocenters. The number of aromatic nitrogens is 2. The Kier molecular flexibility index (Phi) is 7.05. The van der Waals surface area contributed by atoms with Crippen LogP contribution in [0.1, 0.15) is 30.7 Å². The minimum absolute atomic E-state index is 0.0234. The van der Waals surface area contributed by atoms with Gasteiger partial charge in [-0.3, -0.25) is 0 Å². The average molecular weight is 530 g/mol. The van der Waals surface area contributed by atoms with E-state index < -0.39 is 25.1 Å². The second-order valence-corrected chi connectivity index (χ2v) is 13.0. The van der Waals surface area contributed by atoms with E-state index in [9.17, 15) is 16.8 Å². The van der Waals surface area contributed by atoms with Gasteiger partial charge in [0.1, 0.15) is 6.26 Å². The molecule has 2 aromatic heterocycles. The molecule has 0 aliphatic heterocycles. The van der Waals surface area contributed by atoms with Gasteiger partial charge in [0.2, 0.25) is 11.8 Å². The van der Waals surface area contributed by atoms with Gasteiger partial charge in [-0.25, -0.2) is 26.5 Å². The second-order valence-electron chi connectivity index (χ2n) is 8.70. The lowest BCUT2D eigenvalue weighted by molar-refractivity contribution is 0.430. The van der Waals surface area contributed by atoms with E-state index in [0.29, 0.717) is 39.4 Å². The third-order valence-corrected chi connectivity index (χ3v) is 9.61. The molecule has 0 saturated carbocycles. The summed E-state index contributed by atoms with van der Waals surface area (Å²) in [6.45, 7) is 6.71. The molecule has 0 fully saturated rings. The highest BCUT2D eigenvalue weighted by atomic mass is 32.2. The van der Waals surface area contributed by atoms with Gasteiger partial charge < -0.3 is 8.94 Å². The van der Waals surface area contributed by atoms with Crippen LogP contribution in [0.5, 0.6) is 0 Å². The number of hydrogen-bond donors (Lipinski definition) is 1. The summed E-state index contributed by atoms with van der Waals surface area (Å²) in [6.07, 6.45) is 3.16. The number of benzene rings is 2. The van der Waals surface area contributed by atoms with E-state index in [-0.39, 0.29) is 23.0 Å². The van der Waals surface area contributed by atoms with Crippen molar-refractivity contribution in [2.24, 2.45) is 0 Å². The predicted molar refractivity (Wildman–Crippen MR) is 137 cm³/mol. The summed E-state index contributed by atoms with van der Waals surface area (Å²) >= 11 is 0. The zero-order valence-corrected chi connectivity index (χ0v) is 22.0. The van der Waals surface area contributed by atoms with E-state index >= 15 is 0 Å². The van der Waals surface area contributed by atoms with Crippen LogP contribution in [-0.2, 0) is 26.3 Å². The maximum absolute atomic E-state index is 13.4. The highest BCUT2D eigenvalue weighted by molar-refractivity contribution is 7.93. The Hall–Kier alpha value is -3.44. The van der Waals surface area contributed by atoms with Crippen molar-refractivity contribution in [3.05, 3.63) is 71.7 Å². The Morgan fingerprint density at radius 3 is 2.39 bits per heavy atom. The molecule has 1 N–H and O–H groups in total. The molecule has 9 nitrogen and oxygen atoms in total. The highest BCUT2D eigenvalue weighted by Crippen LogP contribution is 2.34. The van der Waals surface area contributed by atoms with Gasteiger partial charge in [-0.2, -0.15) is 0 Å². The Balaban J connectivity index is 1.81. The van der Waals surface area contributed by atoms with Crippen molar-refractivity contribution in [3.8, 4) is 22.6 Å². The third-order valence-electron chi connectivity index (χ3n) is 6.01. The smallest absolute Gasteiger partial charge is 0.264 e. The number of sulfonamides is 1. The summed E-state index contributed by atoms with van der Waals surface area (Å²) in [4.78, 5) is 4.20. The molecule has 2 aromatic carbocycles. The zero-order valence-electron chi connectivity index (χ0n) is 20.3. The summed E-state index contributed by atoms with van der Waals surface area (Å²) in [5, 5.41) is 3.28. The van der Waals surface area contributed by atoms with Crippen molar-refractivity contribution in [3.63, 3.8) is 0 Å². The molecule has 0 spiro atoms. The Labute approximate surface area is 210 Å². The molecule has 0 radical (unpaired) electrons. The van der Waals surface area contributed by atoms with Crippen LogP contribution in [0.2, 0.25) is 0 Å². The summed E-state index contributed by atoms with van der Waals surface area (Å²) in [5.74, 6) is 0.342. The molecule has 0 aliphatic rings. The number of rotatable bonds is 9. The Bertz CT molecular complexity index is 1590. The monoisotopic (exact) mass is 529 g/mol. The van der Waals surface area contributed by atoms with Crippen molar-refractivity contribution >= 4 is 25.7 Å². The van der Waals surface area contributed by atoms with Crippen LogP contribution in [0, 0.1) is 13.8 Å². The van der Waals surface area contributed by atoms with Crippen molar-refractivity contribution in [1.29, 1.82) is 0 Å². The number of nitrogens with one attached hydrogen (secondary N) is 1. The minimum atomic E-state index is -4.06. The van der Waals surface area contributed by atoms with Gasteiger partial charge in [0.25, 0.3) is 10.0 Å². The van der Waals surface area contributed by atoms with Crippen LogP contribution in [0.4, 0.5) is 5.88 Å².